The molecule has 0 bridgehead atoms. The molecule has 15 heavy (non-hydrogen) atoms. The van der Waals surface area contributed by atoms with E-state index >= 15 is 0 Å². The first kappa shape index (κ1) is 13.1. The predicted molar refractivity (Wildman–Crippen MR) is 68.9 cm³/mol. The molecule has 0 N–H and O–H groups in total. The minimum atomic E-state index is 0.895. The van der Waals surface area contributed by atoms with E-state index < -0.39 is 0 Å². The van der Waals surface area contributed by atoms with E-state index in [9.17, 15) is 0 Å². The van der Waals surface area contributed by atoms with E-state index in [1.807, 2.05) is 0 Å². The van der Waals surface area contributed by atoms with E-state index in [0.717, 1.165) is 29.6 Å². The van der Waals surface area contributed by atoms with Gasteiger partial charge in [-0.2, -0.15) is 0 Å². The summed E-state index contributed by atoms with van der Waals surface area (Å²) in [5, 5.41) is 0. The lowest BCUT2D eigenvalue weighted by molar-refractivity contribution is 0.121. The van der Waals surface area contributed by atoms with E-state index in [1.165, 1.54) is 32.1 Å². The van der Waals surface area contributed by atoms with Crippen LogP contribution in [0.5, 0.6) is 0 Å². The third-order valence-electron chi connectivity index (χ3n) is 4.56. The van der Waals surface area contributed by atoms with Crippen molar-refractivity contribution in [2.24, 2.45) is 29.6 Å². The molecule has 1 saturated carbocycles. The SMILES string of the molecule is CC[C@H](C)C[C@H]1C[C@H](C)CC[C@H]1C(C)C. The number of rotatable bonds is 4. The van der Waals surface area contributed by atoms with E-state index in [4.69, 9.17) is 0 Å². The second-order valence-corrected chi connectivity index (χ2v) is 6.34. The first-order chi connectivity index (χ1) is 7.04. The van der Waals surface area contributed by atoms with Crippen molar-refractivity contribution in [3.05, 3.63) is 0 Å². The fourth-order valence-electron chi connectivity index (χ4n) is 3.35. The largest absolute Gasteiger partial charge is 0.0651 e. The topological polar surface area (TPSA) is 0 Å². The highest BCUT2D eigenvalue weighted by molar-refractivity contribution is 4.81. The van der Waals surface area contributed by atoms with Crippen LogP contribution in [0.25, 0.3) is 0 Å². The fourth-order valence-corrected chi connectivity index (χ4v) is 3.35. The van der Waals surface area contributed by atoms with Crippen molar-refractivity contribution in [3.63, 3.8) is 0 Å². The van der Waals surface area contributed by atoms with Crippen molar-refractivity contribution in [3.8, 4) is 0 Å². The summed E-state index contributed by atoms with van der Waals surface area (Å²) >= 11 is 0. The molecule has 0 unspecified atom stereocenters. The molecule has 0 aromatic carbocycles. The Morgan fingerprint density at radius 3 is 2.33 bits per heavy atom. The van der Waals surface area contributed by atoms with Crippen LogP contribution in [0.4, 0.5) is 0 Å². The standard InChI is InChI=1S/C15H30/c1-6-12(4)9-14-10-13(5)7-8-15(14)11(2)3/h11-15H,6-10H2,1-5H3/t12-,13+,14-,15-/m0/s1. The maximum Gasteiger partial charge on any atom is -0.0362 e. The summed E-state index contributed by atoms with van der Waals surface area (Å²) in [4.78, 5) is 0. The Hall–Kier alpha value is 0. The summed E-state index contributed by atoms with van der Waals surface area (Å²) in [6.45, 7) is 12.0. The van der Waals surface area contributed by atoms with E-state index in [-0.39, 0.29) is 0 Å². The Kier molecular flexibility index (Phi) is 5.15. The molecule has 1 aliphatic rings. The summed E-state index contributed by atoms with van der Waals surface area (Å²) in [5.74, 6) is 4.83. The maximum absolute atomic E-state index is 2.44. The molecule has 90 valence electrons. The van der Waals surface area contributed by atoms with Crippen molar-refractivity contribution in [1.29, 1.82) is 0 Å². The fraction of sp³-hybridized carbons (Fsp3) is 1.00. The van der Waals surface area contributed by atoms with Crippen LogP contribution in [-0.2, 0) is 0 Å². The lowest BCUT2D eigenvalue weighted by Crippen LogP contribution is -2.28. The Bertz CT molecular complexity index is 171. The number of hydrogen-bond acceptors (Lipinski definition) is 0. The van der Waals surface area contributed by atoms with Gasteiger partial charge in [0.05, 0.1) is 0 Å². The first-order valence-corrected chi connectivity index (χ1v) is 7.04. The molecule has 0 spiro atoms. The van der Waals surface area contributed by atoms with Gasteiger partial charge in [0, 0.05) is 0 Å². The zero-order chi connectivity index (χ0) is 11.4. The molecule has 1 aliphatic carbocycles. The lowest BCUT2D eigenvalue weighted by Gasteiger charge is -2.38. The number of hydrogen-bond donors (Lipinski definition) is 0. The summed E-state index contributed by atoms with van der Waals surface area (Å²) in [7, 11) is 0. The van der Waals surface area contributed by atoms with Gasteiger partial charge in [0.2, 0.25) is 0 Å². The van der Waals surface area contributed by atoms with Crippen LogP contribution in [0.3, 0.4) is 0 Å². The van der Waals surface area contributed by atoms with E-state index in [0.29, 0.717) is 0 Å². The molecule has 1 rings (SSSR count). The normalized spacial score (nSPS) is 34.4. The van der Waals surface area contributed by atoms with Gasteiger partial charge >= 0.3 is 0 Å². The van der Waals surface area contributed by atoms with Crippen LogP contribution in [0.2, 0.25) is 0 Å². The Morgan fingerprint density at radius 2 is 1.80 bits per heavy atom. The van der Waals surface area contributed by atoms with Gasteiger partial charge in [-0.1, -0.05) is 47.5 Å². The van der Waals surface area contributed by atoms with Crippen molar-refractivity contribution >= 4 is 0 Å². The van der Waals surface area contributed by atoms with Crippen molar-refractivity contribution in [2.75, 3.05) is 0 Å². The van der Waals surface area contributed by atoms with E-state index in [1.54, 1.807) is 0 Å². The molecule has 0 heteroatoms. The van der Waals surface area contributed by atoms with Gasteiger partial charge in [0.15, 0.2) is 0 Å². The maximum atomic E-state index is 2.44. The van der Waals surface area contributed by atoms with Gasteiger partial charge in [0.1, 0.15) is 0 Å². The zero-order valence-corrected chi connectivity index (χ0v) is 11.4. The van der Waals surface area contributed by atoms with Crippen LogP contribution >= 0.6 is 0 Å². The molecule has 0 aliphatic heterocycles. The summed E-state index contributed by atoms with van der Waals surface area (Å²) in [6, 6.07) is 0. The van der Waals surface area contributed by atoms with Crippen LogP contribution in [0.1, 0.15) is 66.7 Å². The van der Waals surface area contributed by atoms with Gasteiger partial charge in [-0.05, 0) is 48.9 Å². The third-order valence-corrected chi connectivity index (χ3v) is 4.56. The molecule has 4 atom stereocenters. The molecular weight excluding hydrogens is 180 g/mol. The smallest absolute Gasteiger partial charge is 0.0362 e. The van der Waals surface area contributed by atoms with Gasteiger partial charge in [-0.3, -0.25) is 0 Å². The van der Waals surface area contributed by atoms with Crippen molar-refractivity contribution in [1.82, 2.24) is 0 Å². The first-order valence-electron chi connectivity index (χ1n) is 7.04. The molecule has 0 heterocycles. The van der Waals surface area contributed by atoms with E-state index in [2.05, 4.69) is 34.6 Å². The molecule has 0 radical (unpaired) electrons. The molecule has 0 amide bonds. The highest BCUT2D eigenvalue weighted by atomic mass is 14.4. The highest BCUT2D eigenvalue weighted by Crippen LogP contribution is 2.41. The summed E-state index contributed by atoms with van der Waals surface area (Å²) < 4.78 is 0. The summed E-state index contributed by atoms with van der Waals surface area (Å²) in [5.41, 5.74) is 0. The van der Waals surface area contributed by atoms with Gasteiger partial charge in [-0.25, -0.2) is 0 Å². The zero-order valence-electron chi connectivity index (χ0n) is 11.4. The molecule has 0 aromatic heterocycles. The Balaban J connectivity index is 2.54. The minimum absolute atomic E-state index is 0.895. The van der Waals surface area contributed by atoms with Gasteiger partial charge < -0.3 is 0 Å². The van der Waals surface area contributed by atoms with Gasteiger partial charge in [0.25, 0.3) is 0 Å². The Morgan fingerprint density at radius 1 is 1.13 bits per heavy atom. The molecule has 0 saturated heterocycles. The summed E-state index contributed by atoms with van der Waals surface area (Å²) in [6.07, 6.45) is 7.28. The highest BCUT2D eigenvalue weighted by Gasteiger charge is 2.30. The lowest BCUT2D eigenvalue weighted by atomic mass is 9.67. The van der Waals surface area contributed by atoms with Crippen molar-refractivity contribution < 1.29 is 0 Å². The molecule has 0 aromatic rings. The second-order valence-electron chi connectivity index (χ2n) is 6.34. The molecule has 1 fully saturated rings. The molecular formula is C15H30. The van der Waals surface area contributed by atoms with Crippen LogP contribution < -0.4 is 0 Å². The average molecular weight is 210 g/mol. The predicted octanol–water partition coefficient (Wildman–Crippen LogP) is 5.13. The van der Waals surface area contributed by atoms with Crippen LogP contribution in [-0.4, -0.2) is 0 Å². The average Bonchev–Trinajstić information content (AvgIpc) is 2.17. The monoisotopic (exact) mass is 210 g/mol. The van der Waals surface area contributed by atoms with Gasteiger partial charge in [-0.15, -0.1) is 0 Å². The quantitative estimate of drug-likeness (QED) is 0.603. The third kappa shape index (κ3) is 3.81. The minimum Gasteiger partial charge on any atom is -0.0651 e. The second kappa shape index (κ2) is 5.92. The Labute approximate surface area is 96.8 Å². The van der Waals surface area contributed by atoms with Crippen molar-refractivity contribution in [2.45, 2.75) is 66.7 Å². The molecule has 0 nitrogen and oxygen atoms in total. The van der Waals surface area contributed by atoms with Crippen LogP contribution in [0, 0.1) is 29.6 Å². The van der Waals surface area contributed by atoms with Crippen LogP contribution in [0.15, 0.2) is 0 Å².